The molecule has 1 unspecified atom stereocenters. The zero-order valence-corrected chi connectivity index (χ0v) is 15.7. The fourth-order valence-corrected chi connectivity index (χ4v) is 3.55. The molecule has 0 bridgehead atoms. The van der Waals surface area contributed by atoms with E-state index in [0.717, 1.165) is 0 Å². The Bertz CT molecular complexity index is 709. The number of benzene rings is 1. The lowest BCUT2D eigenvalue weighted by Crippen LogP contribution is -2.53. The summed E-state index contributed by atoms with van der Waals surface area (Å²) < 4.78 is 47.3. The molecule has 1 aliphatic heterocycles. The van der Waals surface area contributed by atoms with Gasteiger partial charge in [0.05, 0.1) is 5.75 Å². The molecule has 1 heterocycles. The van der Waals surface area contributed by atoms with Gasteiger partial charge in [0.15, 0.2) is 0 Å². The number of hydrogen-bond donors (Lipinski definition) is 1. The van der Waals surface area contributed by atoms with Gasteiger partial charge >= 0.3 is 5.76 Å². The van der Waals surface area contributed by atoms with Crippen molar-refractivity contribution in [3.05, 3.63) is 35.4 Å². The smallest absolute Gasteiger partial charge is 0.337 e. The molecule has 5 nitrogen and oxygen atoms in total. The van der Waals surface area contributed by atoms with E-state index in [4.69, 9.17) is 5.73 Å². The molecular formula is C16H23ClF2N2O3S. The lowest BCUT2D eigenvalue weighted by molar-refractivity contribution is 0.0533. The fraction of sp³-hybridized carbons (Fsp3) is 0.562. The van der Waals surface area contributed by atoms with Crippen LogP contribution < -0.4 is 5.73 Å². The van der Waals surface area contributed by atoms with Crippen molar-refractivity contribution in [1.82, 2.24) is 4.90 Å². The summed E-state index contributed by atoms with van der Waals surface area (Å²) in [5.41, 5.74) is 6.51. The number of piperidine rings is 1. The number of carbonyl (C=O) groups excluding carboxylic acids is 1. The average molecular weight is 397 g/mol. The van der Waals surface area contributed by atoms with E-state index >= 15 is 0 Å². The first-order valence-corrected chi connectivity index (χ1v) is 9.38. The van der Waals surface area contributed by atoms with E-state index < -0.39 is 21.3 Å². The van der Waals surface area contributed by atoms with Gasteiger partial charge in [0, 0.05) is 24.7 Å². The minimum atomic E-state index is -4.47. The first-order chi connectivity index (χ1) is 11.0. The van der Waals surface area contributed by atoms with Crippen LogP contribution in [-0.2, 0) is 15.6 Å². The Morgan fingerprint density at radius 1 is 1.32 bits per heavy atom. The van der Waals surface area contributed by atoms with Gasteiger partial charge in [-0.2, -0.15) is 8.78 Å². The van der Waals surface area contributed by atoms with E-state index in [1.165, 1.54) is 24.3 Å². The van der Waals surface area contributed by atoms with Crippen LogP contribution in [0, 0.1) is 5.41 Å². The topological polar surface area (TPSA) is 80.5 Å². The van der Waals surface area contributed by atoms with Crippen LogP contribution in [0.5, 0.6) is 0 Å². The molecule has 1 amide bonds. The minimum absolute atomic E-state index is 0. The summed E-state index contributed by atoms with van der Waals surface area (Å²) in [6.45, 7) is 5.12. The molecule has 142 valence electrons. The van der Waals surface area contributed by atoms with Crippen LogP contribution in [-0.4, -0.2) is 44.1 Å². The maximum Gasteiger partial charge on any atom is 0.337 e. The molecule has 1 atom stereocenters. The Hall–Kier alpha value is -1.25. The monoisotopic (exact) mass is 396 g/mol. The molecule has 2 rings (SSSR count). The molecule has 9 heteroatoms. The number of nitrogens with two attached hydrogens (primary N) is 1. The maximum atomic E-state index is 12.5. The molecule has 0 saturated carbocycles. The largest absolute Gasteiger partial charge is 0.338 e. The maximum absolute atomic E-state index is 12.5. The van der Waals surface area contributed by atoms with Crippen LogP contribution in [0.4, 0.5) is 8.78 Å². The second kappa shape index (κ2) is 7.97. The van der Waals surface area contributed by atoms with Gasteiger partial charge in [0.1, 0.15) is 0 Å². The van der Waals surface area contributed by atoms with Gasteiger partial charge in [-0.25, -0.2) is 8.42 Å². The molecule has 1 aromatic carbocycles. The van der Waals surface area contributed by atoms with E-state index in [-0.39, 0.29) is 35.3 Å². The van der Waals surface area contributed by atoms with Gasteiger partial charge in [-0.1, -0.05) is 26.0 Å². The molecule has 0 aromatic heterocycles. The molecule has 1 aromatic rings. The molecule has 1 aliphatic rings. The summed E-state index contributed by atoms with van der Waals surface area (Å²) in [6.07, 6.45) is 0.712. The first kappa shape index (κ1) is 21.8. The van der Waals surface area contributed by atoms with Crippen LogP contribution in [0.3, 0.4) is 0 Å². The van der Waals surface area contributed by atoms with Crippen LogP contribution in [0.25, 0.3) is 0 Å². The number of hydrogen-bond acceptors (Lipinski definition) is 4. The second-order valence-electron chi connectivity index (χ2n) is 6.88. The van der Waals surface area contributed by atoms with E-state index in [0.29, 0.717) is 25.1 Å². The van der Waals surface area contributed by atoms with Crippen molar-refractivity contribution in [3.8, 4) is 0 Å². The molecule has 2 N–H and O–H groups in total. The third kappa shape index (κ3) is 5.12. The Kier molecular flexibility index (Phi) is 6.95. The second-order valence-corrected chi connectivity index (χ2v) is 8.85. The van der Waals surface area contributed by atoms with Crippen molar-refractivity contribution in [2.45, 2.75) is 37.8 Å². The van der Waals surface area contributed by atoms with Crippen molar-refractivity contribution in [3.63, 3.8) is 0 Å². The summed E-state index contributed by atoms with van der Waals surface area (Å²) in [5, 5.41) is 0. The predicted octanol–water partition coefficient (Wildman–Crippen LogP) is 2.45. The lowest BCUT2D eigenvalue weighted by atomic mass is 9.79. The zero-order chi connectivity index (χ0) is 18.1. The molecular weight excluding hydrogens is 374 g/mol. The van der Waals surface area contributed by atoms with Crippen molar-refractivity contribution >= 4 is 28.2 Å². The first-order valence-electron chi connectivity index (χ1n) is 7.66. The van der Waals surface area contributed by atoms with E-state index in [2.05, 4.69) is 0 Å². The van der Waals surface area contributed by atoms with Crippen molar-refractivity contribution < 1.29 is 22.0 Å². The summed E-state index contributed by atoms with van der Waals surface area (Å²) >= 11 is 0. The van der Waals surface area contributed by atoms with Crippen LogP contribution in [0.1, 0.15) is 36.2 Å². The molecule has 0 radical (unpaired) electrons. The van der Waals surface area contributed by atoms with Crippen molar-refractivity contribution in [1.29, 1.82) is 0 Å². The number of halogens is 3. The normalized spacial score (nSPS) is 20.2. The minimum Gasteiger partial charge on any atom is -0.338 e. The molecule has 25 heavy (non-hydrogen) atoms. The molecule has 0 spiro atoms. The third-order valence-electron chi connectivity index (χ3n) is 4.44. The molecule has 1 saturated heterocycles. The number of rotatable bonds is 4. The summed E-state index contributed by atoms with van der Waals surface area (Å²) in [4.78, 5) is 14.3. The summed E-state index contributed by atoms with van der Waals surface area (Å²) in [7, 11) is -4.47. The number of amides is 1. The van der Waals surface area contributed by atoms with Gasteiger partial charge in [-0.15, -0.1) is 12.4 Å². The van der Waals surface area contributed by atoms with E-state index in [1.807, 2.05) is 13.8 Å². The highest BCUT2D eigenvalue weighted by Crippen LogP contribution is 2.28. The number of alkyl halides is 2. The lowest BCUT2D eigenvalue weighted by Gasteiger charge is -2.42. The van der Waals surface area contributed by atoms with E-state index in [9.17, 15) is 22.0 Å². The van der Waals surface area contributed by atoms with Gasteiger partial charge in [0.2, 0.25) is 9.84 Å². The van der Waals surface area contributed by atoms with Crippen LogP contribution >= 0.6 is 12.4 Å². The van der Waals surface area contributed by atoms with Crippen LogP contribution in [0.2, 0.25) is 0 Å². The third-order valence-corrected chi connectivity index (χ3v) is 5.72. The van der Waals surface area contributed by atoms with Crippen molar-refractivity contribution in [2.75, 3.05) is 13.1 Å². The van der Waals surface area contributed by atoms with Gasteiger partial charge < -0.3 is 10.6 Å². The number of carbonyl (C=O) groups is 1. The van der Waals surface area contributed by atoms with E-state index in [1.54, 1.807) is 4.90 Å². The van der Waals surface area contributed by atoms with Crippen molar-refractivity contribution in [2.24, 2.45) is 11.1 Å². The number of nitrogens with zero attached hydrogens (tertiary/aromatic N) is 1. The average Bonchev–Trinajstić information content (AvgIpc) is 2.49. The number of likely N-dealkylation sites (tertiary alicyclic amines) is 1. The fourth-order valence-electron chi connectivity index (χ4n) is 2.77. The quantitative estimate of drug-likeness (QED) is 0.847. The summed E-state index contributed by atoms with van der Waals surface area (Å²) in [5.74, 6) is -4.32. The van der Waals surface area contributed by atoms with Gasteiger partial charge in [-0.05, 0) is 29.5 Å². The van der Waals surface area contributed by atoms with Gasteiger partial charge in [0.25, 0.3) is 5.91 Å². The van der Waals surface area contributed by atoms with Gasteiger partial charge in [-0.3, -0.25) is 4.79 Å². The highest BCUT2D eigenvalue weighted by Gasteiger charge is 2.35. The predicted molar refractivity (Wildman–Crippen MR) is 94.6 cm³/mol. The summed E-state index contributed by atoms with van der Waals surface area (Å²) in [6, 6.07) is 5.77. The Morgan fingerprint density at radius 3 is 2.36 bits per heavy atom. The highest BCUT2D eigenvalue weighted by molar-refractivity contribution is 7.90. The standard InChI is InChI=1S/C16H22F2N2O3S.ClH/c1-16(2)10-20(8-7-13(16)19)14(21)12-5-3-11(4-6-12)9-24(22,23)15(17)18;/h3-6,13,15H,7-10,19H2,1-2H3;1H. The Balaban J connectivity index is 0.00000312. The Labute approximate surface area is 152 Å². The number of sulfone groups is 1. The Morgan fingerprint density at radius 2 is 1.88 bits per heavy atom. The molecule has 0 aliphatic carbocycles. The van der Waals surface area contributed by atoms with Crippen LogP contribution in [0.15, 0.2) is 24.3 Å². The SMILES string of the molecule is CC1(C)CN(C(=O)c2ccc(CS(=O)(=O)C(F)F)cc2)CCC1N.Cl. The zero-order valence-electron chi connectivity index (χ0n) is 14.1. The molecule has 1 fully saturated rings. The highest BCUT2D eigenvalue weighted by atomic mass is 35.5.